The van der Waals surface area contributed by atoms with Crippen LogP contribution in [0.3, 0.4) is 0 Å². The van der Waals surface area contributed by atoms with Crippen molar-refractivity contribution < 1.29 is 5.11 Å². The average molecular weight is 253 g/mol. The molecule has 4 heavy (non-hydrogen) atoms. The number of hydrogen-bond donors (Lipinski definition) is 1. The van der Waals surface area contributed by atoms with Crippen molar-refractivity contribution in [2.45, 2.75) is 10.6 Å². The zero-order chi connectivity index (χ0) is 3.58. The second-order valence-electron chi connectivity index (χ2n) is 0.741. The van der Waals surface area contributed by atoms with Crippen LogP contribution in [0.25, 0.3) is 0 Å². The van der Waals surface area contributed by atoms with Gasteiger partial charge in [-0.1, -0.05) is 0 Å². The summed E-state index contributed by atoms with van der Waals surface area (Å²) in [6, 6.07) is 0. The fourth-order valence-electron chi connectivity index (χ4n) is 0. The average Bonchev–Trinajstić information content (AvgIpc) is 0.811. The zero-order valence-electron chi connectivity index (χ0n) is 2.60. The van der Waals surface area contributed by atoms with E-state index in [2.05, 4.69) is 0 Å². The molecule has 1 atom stereocenters. The molecule has 0 bridgehead atoms. The molecule has 0 heterocycles. The predicted octanol–water partition coefficient (Wildman–Crippen LogP) is -0.775. The van der Waals surface area contributed by atoms with E-state index in [0.717, 1.165) is 25.8 Å². The minimum atomic E-state index is -0.000000000000000222. The van der Waals surface area contributed by atoms with Crippen LogP contribution in [-0.2, 0) is 0 Å². The van der Waals surface area contributed by atoms with Crippen LogP contribution in [0.15, 0.2) is 0 Å². The molecule has 2 heteroatoms. The van der Waals surface area contributed by atoms with E-state index >= 15 is 0 Å². The van der Waals surface area contributed by atoms with Crippen molar-refractivity contribution in [3.05, 3.63) is 0 Å². The molecule has 0 aliphatic heterocycles. The summed E-state index contributed by atoms with van der Waals surface area (Å²) in [5.41, 5.74) is 0. The quantitative estimate of drug-likeness (QED) is 0.562. The number of aliphatic hydroxyl groups is 1. The van der Waals surface area contributed by atoms with Crippen molar-refractivity contribution in [2.24, 2.45) is 0 Å². The van der Waals surface area contributed by atoms with Crippen LogP contribution in [-0.4, -0.2) is 34.5 Å². The molecule has 0 saturated carbocycles. The van der Waals surface area contributed by atoms with Crippen molar-refractivity contribution in [3.8, 4) is 0 Å². The Morgan fingerprint density at radius 3 is 2.00 bits per heavy atom. The van der Waals surface area contributed by atoms with Gasteiger partial charge in [0, 0.05) is 0 Å². The van der Waals surface area contributed by atoms with Crippen LogP contribution in [0, 0.1) is 0 Å². The Balaban J connectivity index is 2.32. The van der Waals surface area contributed by atoms with Gasteiger partial charge in [-0.3, -0.25) is 0 Å². The van der Waals surface area contributed by atoms with E-state index in [-0.39, 0.29) is 3.66 Å². The monoisotopic (exact) mass is 254 g/mol. The molecule has 0 aromatic heterocycles. The molecular weight excluding hydrogens is 247 g/mol. The van der Waals surface area contributed by atoms with Gasteiger partial charge >= 0.3 is 41.5 Å². The minimum absolute atomic E-state index is 0.000000000000000222. The second-order valence-corrected chi connectivity index (χ2v) is 4.49. The molecule has 0 aromatic carbocycles. The number of hydrogen-bond acceptors (Lipinski definition) is 1. The predicted molar refractivity (Wildman–Crippen MR) is 18.8 cm³/mol. The first-order valence-electron chi connectivity index (χ1n) is 1.17. The van der Waals surface area contributed by atoms with E-state index in [9.17, 15) is 0 Å². The molecule has 24 valence electrons. The van der Waals surface area contributed by atoms with Crippen LogP contribution in [0.4, 0.5) is 0 Å². The summed E-state index contributed by atoms with van der Waals surface area (Å²) in [6.07, 6.45) is 0. The van der Waals surface area contributed by atoms with Gasteiger partial charge in [-0.15, -0.1) is 0 Å². The molecule has 0 aliphatic carbocycles. The number of rotatable bonds is 0. The molecule has 1 nitrogen and oxygen atoms in total. The van der Waals surface area contributed by atoms with Crippen LogP contribution in [0.1, 0.15) is 6.92 Å². The first-order valence-corrected chi connectivity index (χ1v) is 3.76. The van der Waals surface area contributed by atoms with Gasteiger partial charge in [0.05, 0.1) is 0 Å². The van der Waals surface area contributed by atoms with Crippen molar-refractivity contribution in [2.75, 3.05) is 0 Å². The first-order chi connectivity index (χ1) is 1.73. The summed E-state index contributed by atoms with van der Waals surface area (Å²) in [7, 11) is 0. The summed E-state index contributed by atoms with van der Waals surface area (Å²) in [6.45, 7) is 1.80. The number of aliphatic hydroxyl groups excluding tert-OH is 1. The molecule has 0 rings (SSSR count). The molecule has 0 amide bonds. The molecule has 0 aliphatic rings. The summed E-state index contributed by atoms with van der Waals surface area (Å²) in [5.74, 6) is 0. The molecular formula is C2H6OPb. The van der Waals surface area contributed by atoms with Gasteiger partial charge in [-0.25, -0.2) is 0 Å². The van der Waals surface area contributed by atoms with E-state index in [1.807, 2.05) is 0 Å². The van der Waals surface area contributed by atoms with Gasteiger partial charge in [-0.05, 0) is 0 Å². The van der Waals surface area contributed by atoms with E-state index in [1.54, 1.807) is 6.92 Å². The third kappa shape index (κ3) is 13.1. The summed E-state index contributed by atoms with van der Waals surface area (Å²) in [4.78, 5) is 0. The van der Waals surface area contributed by atoms with E-state index in [1.165, 1.54) is 0 Å². The van der Waals surface area contributed by atoms with E-state index in [4.69, 9.17) is 5.11 Å². The van der Waals surface area contributed by atoms with E-state index < -0.39 is 0 Å². The fraction of sp³-hybridized carbons (Fsp3) is 1.00. The van der Waals surface area contributed by atoms with Crippen molar-refractivity contribution in [1.82, 2.24) is 0 Å². The van der Waals surface area contributed by atoms with Crippen molar-refractivity contribution >= 4 is 25.8 Å². The van der Waals surface area contributed by atoms with Gasteiger partial charge < -0.3 is 0 Å². The molecule has 0 fully saturated rings. The zero-order valence-corrected chi connectivity index (χ0v) is 7.09. The van der Waals surface area contributed by atoms with Gasteiger partial charge in [-0.2, -0.15) is 0 Å². The van der Waals surface area contributed by atoms with Crippen LogP contribution >= 0.6 is 0 Å². The van der Waals surface area contributed by atoms with Gasteiger partial charge in [0.2, 0.25) is 0 Å². The molecule has 2 radical (unpaired) electrons. The van der Waals surface area contributed by atoms with Gasteiger partial charge in [0.1, 0.15) is 0 Å². The topological polar surface area (TPSA) is 20.2 Å². The van der Waals surface area contributed by atoms with Crippen LogP contribution in [0.5, 0.6) is 0 Å². The van der Waals surface area contributed by atoms with Gasteiger partial charge in [0.25, 0.3) is 0 Å². The molecule has 0 aromatic rings. The van der Waals surface area contributed by atoms with Gasteiger partial charge in [0.15, 0.2) is 0 Å². The maximum absolute atomic E-state index is 8.13. The Morgan fingerprint density at radius 2 is 2.00 bits per heavy atom. The Morgan fingerprint density at radius 1 is 2.00 bits per heavy atom. The Hall–Kier alpha value is 0.882. The second kappa shape index (κ2) is 2.14. The molecule has 1 N–H and O–H groups in total. The summed E-state index contributed by atoms with van der Waals surface area (Å²) < 4.78 is -0.000000000000000222. The van der Waals surface area contributed by atoms with E-state index in [0.29, 0.717) is 0 Å². The molecule has 0 saturated heterocycles. The van der Waals surface area contributed by atoms with Crippen LogP contribution < -0.4 is 0 Å². The van der Waals surface area contributed by atoms with Crippen molar-refractivity contribution in [1.29, 1.82) is 0 Å². The maximum atomic E-state index is 8.13. The van der Waals surface area contributed by atoms with Crippen molar-refractivity contribution in [3.63, 3.8) is 0 Å². The molecule has 1 unspecified atom stereocenters. The Bertz CT molecular complexity index is 10.8. The summed E-state index contributed by atoms with van der Waals surface area (Å²) >= 11 is 0.741. The molecule has 0 spiro atoms. The Labute approximate surface area is 41.7 Å². The third-order valence-electron chi connectivity index (χ3n) is 0. The Kier molecular flexibility index (Phi) is 2.61. The standard InChI is InChI=1S/C2H5O.Pb.H/c1-2-3;;/h2-3H,1H3;;. The van der Waals surface area contributed by atoms with Crippen LogP contribution in [0.2, 0.25) is 0 Å². The normalized spacial score (nSPS) is 15.8. The fourth-order valence-corrected chi connectivity index (χ4v) is 0. The first kappa shape index (κ1) is 4.88. The SMILES string of the molecule is C[CH](O)[PbH]. The third-order valence-corrected chi connectivity index (χ3v) is 0. The summed E-state index contributed by atoms with van der Waals surface area (Å²) in [5, 5.41) is 8.13.